The van der Waals surface area contributed by atoms with Gasteiger partial charge in [0.1, 0.15) is 0 Å². The van der Waals surface area contributed by atoms with Crippen molar-refractivity contribution >= 4 is 11.8 Å². The van der Waals surface area contributed by atoms with Gasteiger partial charge in [0.2, 0.25) is 11.8 Å². The van der Waals surface area contributed by atoms with Crippen LogP contribution in [0.25, 0.3) is 0 Å². The number of carbonyl (C=O) groups is 2. The Hall–Kier alpha value is -1.38. The third kappa shape index (κ3) is 1.09. The fourth-order valence-corrected chi connectivity index (χ4v) is 1.12. The smallest absolute Gasteiger partial charge is 0.234 e. The Bertz CT molecular complexity index is 208. The molecule has 1 aliphatic rings. The van der Waals surface area contributed by atoms with Gasteiger partial charge in [-0.15, -0.1) is 13.2 Å². The van der Waals surface area contributed by atoms with Crippen LogP contribution in [-0.4, -0.2) is 11.8 Å². The zero-order chi connectivity index (χ0) is 8.43. The summed E-state index contributed by atoms with van der Waals surface area (Å²) in [6.45, 7) is 6.93. The summed E-state index contributed by atoms with van der Waals surface area (Å²) in [7, 11) is 0. The van der Waals surface area contributed by atoms with E-state index in [1.807, 2.05) is 0 Å². The molecular weight excluding hydrogens is 142 g/mol. The second-order valence-corrected chi connectivity index (χ2v) is 2.38. The Morgan fingerprint density at radius 2 is 1.45 bits per heavy atom. The van der Waals surface area contributed by atoms with E-state index in [-0.39, 0.29) is 11.8 Å². The van der Waals surface area contributed by atoms with Crippen LogP contribution >= 0.6 is 0 Å². The Balaban J connectivity index is 2.91. The Morgan fingerprint density at radius 1 is 1.09 bits per heavy atom. The first-order valence-electron chi connectivity index (χ1n) is 3.30. The van der Waals surface area contributed by atoms with Crippen LogP contribution in [0.4, 0.5) is 0 Å². The van der Waals surface area contributed by atoms with Crippen LogP contribution in [0.3, 0.4) is 0 Å². The first kappa shape index (κ1) is 7.72. The highest BCUT2D eigenvalue weighted by Gasteiger charge is 2.37. The lowest BCUT2D eigenvalue weighted by Gasteiger charge is -2.03. The van der Waals surface area contributed by atoms with Gasteiger partial charge in [-0.3, -0.25) is 14.9 Å². The Kier molecular flexibility index (Phi) is 1.89. The van der Waals surface area contributed by atoms with E-state index in [2.05, 4.69) is 18.5 Å². The van der Waals surface area contributed by atoms with Crippen molar-refractivity contribution in [2.45, 2.75) is 0 Å². The molecule has 0 aromatic rings. The Labute approximate surface area is 64.8 Å². The van der Waals surface area contributed by atoms with Gasteiger partial charge < -0.3 is 0 Å². The highest BCUT2D eigenvalue weighted by atomic mass is 16.2. The number of amides is 2. The average Bonchev–Trinajstić information content (AvgIpc) is 2.24. The fraction of sp³-hybridized carbons (Fsp3) is 0.250. The van der Waals surface area contributed by atoms with Crippen LogP contribution in [0.15, 0.2) is 25.3 Å². The highest BCUT2D eigenvalue weighted by molar-refractivity contribution is 6.06. The number of hydrogen-bond donors (Lipinski definition) is 1. The second kappa shape index (κ2) is 2.70. The lowest BCUT2D eigenvalue weighted by Crippen LogP contribution is -2.21. The third-order valence-electron chi connectivity index (χ3n) is 1.75. The van der Waals surface area contributed by atoms with E-state index in [1.54, 1.807) is 0 Å². The van der Waals surface area contributed by atoms with E-state index < -0.39 is 11.8 Å². The maximum Gasteiger partial charge on any atom is 0.234 e. The predicted molar refractivity (Wildman–Crippen MR) is 40.5 cm³/mol. The molecule has 1 aliphatic heterocycles. The number of carbonyl (C=O) groups excluding carboxylic acids is 2. The average molecular weight is 151 g/mol. The van der Waals surface area contributed by atoms with Crippen LogP contribution < -0.4 is 5.32 Å². The molecule has 0 spiro atoms. The third-order valence-corrected chi connectivity index (χ3v) is 1.75. The summed E-state index contributed by atoms with van der Waals surface area (Å²) in [5.41, 5.74) is 0. The van der Waals surface area contributed by atoms with Gasteiger partial charge in [-0.05, 0) is 0 Å². The quantitative estimate of drug-likeness (QED) is 0.454. The molecule has 2 atom stereocenters. The van der Waals surface area contributed by atoms with Crippen molar-refractivity contribution in [2.24, 2.45) is 11.8 Å². The molecule has 0 aliphatic carbocycles. The lowest BCUT2D eigenvalue weighted by atomic mass is 9.95. The molecule has 0 unspecified atom stereocenters. The molecule has 11 heavy (non-hydrogen) atoms. The van der Waals surface area contributed by atoms with Crippen molar-refractivity contribution < 1.29 is 9.59 Å². The number of hydrogen-bond acceptors (Lipinski definition) is 2. The summed E-state index contributed by atoms with van der Waals surface area (Å²) < 4.78 is 0. The molecule has 1 fully saturated rings. The maximum atomic E-state index is 10.9. The molecule has 0 bridgehead atoms. The van der Waals surface area contributed by atoms with Gasteiger partial charge in [0.05, 0.1) is 11.8 Å². The zero-order valence-electron chi connectivity index (χ0n) is 6.04. The number of imide groups is 1. The summed E-state index contributed by atoms with van der Waals surface area (Å²) in [5.74, 6) is -1.43. The van der Waals surface area contributed by atoms with Gasteiger partial charge in [-0.1, -0.05) is 12.2 Å². The minimum absolute atomic E-state index is 0.282. The molecule has 1 N–H and O–H groups in total. The van der Waals surface area contributed by atoms with E-state index in [1.165, 1.54) is 12.2 Å². The van der Waals surface area contributed by atoms with E-state index in [4.69, 9.17) is 0 Å². The van der Waals surface area contributed by atoms with Gasteiger partial charge in [-0.2, -0.15) is 0 Å². The van der Waals surface area contributed by atoms with Crippen molar-refractivity contribution in [1.29, 1.82) is 0 Å². The normalized spacial score (nSPS) is 29.8. The van der Waals surface area contributed by atoms with Crippen LogP contribution in [0.5, 0.6) is 0 Å². The van der Waals surface area contributed by atoms with Crippen LogP contribution in [0.2, 0.25) is 0 Å². The molecule has 3 nitrogen and oxygen atoms in total. The van der Waals surface area contributed by atoms with E-state index in [0.717, 1.165) is 0 Å². The Morgan fingerprint density at radius 3 is 1.73 bits per heavy atom. The molecule has 1 heterocycles. The summed E-state index contributed by atoms with van der Waals surface area (Å²) in [5, 5.41) is 2.20. The molecule has 2 amide bonds. The highest BCUT2D eigenvalue weighted by Crippen LogP contribution is 2.20. The van der Waals surface area contributed by atoms with Crippen LogP contribution in [0, 0.1) is 11.8 Å². The van der Waals surface area contributed by atoms with E-state index in [9.17, 15) is 9.59 Å². The molecule has 3 heteroatoms. The van der Waals surface area contributed by atoms with Gasteiger partial charge in [0, 0.05) is 0 Å². The van der Waals surface area contributed by atoms with Crippen molar-refractivity contribution in [3.8, 4) is 0 Å². The predicted octanol–water partition coefficient (Wildman–Crippen LogP) is 0.247. The second-order valence-electron chi connectivity index (χ2n) is 2.38. The van der Waals surface area contributed by atoms with Crippen molar-refractivity contribution in [2.75, 3.05) is 0 Å². The lowest BCUT2D eigenvalue weighted by molar-refractivity contribution is -0.125. The van der Waals surface area contributed by atoms with E-state index in [0.29, 0.717) is 0 Å². The number of rotatable bonds is 2. The maximum absolute atomic E-state index is 10.9. The van der Waals surface area contributed by atoms with Gasteiger partial charge in [0.15, 0.2) is 0 Å². The summed E-state index contributed by atoms with van der Waals surface area (Å²) in [6.07, 6.45) is 2.93. The first-order valence-corrected chi connectivity index (χ1v) is 3.30. The molecule has 1 rings (SSSR count). The molecule has 0 radical (unpaired) electrons. The van der Waals surface area contributed by atoms with Crippen molar-refractivity contribution in [3.05, 3.63) is 25.3 Å². The monoisotopic (exact) mass is 151 g/mol. The molecule has 58 valence electrons. The molecule has 0 saturated carbocycles. The molecule has 1 saturated heterocycles. The minimum atomic E-state index is -0.431. The largest absolute Gasteiger partial charge is 0.295 e. The van der Waals surface area contributed by atoms with Crippen LogP contribution in [-0.2, 0) is 9.59 Å². The first-order chi connectivity index (χ1) is 5.20. The fourth-order valence-electron chi connectivity index (χ4n) is 1.12. The van der Waals surface area contributed by atoms with Crippen molar-refractivity contribution in [1.82, 2.24) is 5.32 Å². The van der Waals surface area contributed by atoms with Crippen molar-refractivity contribution in [3.63, 3.8) is 0 Å². The topological polar surface area (TPSA) is 46.2 Å². The SMILES string of the molecule is C=C[C@@H]1C(=O)NC(=O)[C@@H]1C=C. The van der Waals surface area contributed by atoms with Gasteiger partial charge >= 0.3 is 0 Å². The minimum Gasteiger partial charge on any atom is -0.295 e. The zero-order valence-corrected chi connectivity index (χ0v) is 6.04. The van der Waals surface area contributed by atoms with E-state index >= 15 is 0 Å². The van der Waals surface area contributed by atoms with Gasteiger partial charge in [-0.25, -0.2) is 0 Å². The van der Waals surface area contributed by atoms with Gasteiger partial charge in [0.25, 0.3) is 0 Å². The summed E-state index contributed by atoms with van der Waals surface area (Å²) >= 11 is 0. The molecule has 0 aromatic carbocycles. The summed E-state index contributed by atoms with van der Waals surface area (Å²) in [6, 6.07) is 0. The number of nitrogens with one attached hydrogen (secondary N) is 1. The standard InChI is InChI=1S/C8H9NO2/c1-3-5-6(4-2)8(11)9-7(5)10/h3-6H,1-2H2,(H,9,10,11)/t5-,6+. The van der Waals surface area contributed by atoms with Crippen LogP contribution in [0.1, 0.15) is 0 Å². The summed E-state index contributed by atoms with van der Waals surface area (Å²) in [4.78, 5) is 21.9. The molecule has 0 aromatic heterocycles. The molecular formula is C8H9NO2.